The zero-order valence-corrected chi connectivity index (χ0v) is 19.5. The average molecular weight is 469 g/mol. The third kappa shape index (κ3) is 5.34. The van der Waals surface area contributed by atoms with Gasteiger partial charge in [0, 0.05) is 63.5 Å². The van der Waals surface area contributed by atoms with Gasteiger partial charge in [-0.2, -0.15) is 4.99 Å². The van der Waals surface area contributed by atoms with Gasteiger partial charge in [-0.1, -0.05) is 18.6 Å². The molecule has 0 spiro atoms. The zero-order valence-electron chi connectivity index (χ0n) is 19.5. The number of amidine groups is 1. The molecule has 3 aliphatic rings. The van der Waals surface area contributed by atoms with Crippen molar-refractivity contribution in [1.82, 2.24) is 10.6 Å². The van der Waals surface area contributed by atoms with Crippen LogP contribution in [0.4, 0.5) is 14.5 Å². The number of morpholine rings is 1. The SMILES string of the molecule is C#C/N=C1/C(NCC2CNCCC2(F)F)=NC(c2ccc(N3CCOC(C)C3)cc2)=C/C1=N/C. The number of rotatable bonds is 4. The Kier molecular flexibility index (Phi) is 7.39. The molecule has 2 fully saturated rings. The van der Waals surface area contributed by atoms with E-state index in [0.717, 1.165) is 24.3 Å². The number of terminal acetylenes is 1. The van der Waals surface area contributed by atoms with Crippen LogP contribution in [0.3, 0.4) is 0 Å². The van der Waals surface area contributed by atoms with Gasteiger partial charge < -0.3 is 20.3 Å². The number of hydrogen-bond acceptors (Lipinski definition) is 7. The third-order valence-electron chi connectivity index (χ3n) is 6.30. The summed E-state index contributed by atoms with van der Waals surface area (Å²) in [5.74, 6) is -3.25. The molecule has 0 saturated carbocycles. The van der Waals surface area contributed by atoms with Crippen LogP contribution in [0, 0.1) is 18.4 Å². The lowest BCUT2D eigenvalue weighted by Gasteiger charge is -2.33. The molecule has 2 atom stereocenters. The lowest BCUT2D eigenvalue weighted by atomic mass is 9.94. The van der Waals surface area contributed by atoms with Crippen LogP contribution < -0.4 is 15.5 Å². The lowest BCUT2D eigenvalue weighted by Crippen LogP contribution is -2.51. The summed E-state index contributed by atoms with van der Waals surface area (Å²) in [5, 5.41) is 6.11. The van der Waals surface area contributed by atoms with Crippen molar-refractivity contribution in [3.8, 4) is 12.5 Å². The van der Waals surface area contributed by atoms with Crippen molar-refractivity contribution < 1.29 is 13.5 Å². The van der Waals surface area contributed by atoms with Crippen LogP contribution in [0.1, 0.15) is 18.9 Å². The molecular weight excluding hydrogens is 438 g/mol. The number of nitrogens with zero attached hydrogens (tertiary/aromatic N) is 4. The van der Waals surface area contributed by atoms with E-state index in [1.54, 1.807) is 7.05 Å². The molecule has 4 rings (SSSR count). The molecule has 0 amide bonds. The minimum Gasteiger partial charge on any atom is -0.375 e. The smallest absolute Gasteiger partial charge is 0.255 e. The second-order valence-electron chi connectivity index (χ2n) is 8.66. The van der Waals surface area contributed by atoms with E-state index in [1.165, 1.54) is 0 Å². The topological polar surface area (TPSA) is 73.6 Å². The summed E-state index contributed by atoms with van der Waals surface area (Å²) in [5.41, 5.74) is 3.58. The third-order valence-corrected chi connectivity index (χ3v) is 6.30. The Balaban J connectivity index is 1.57. The van der Waals surface area contributed by atoms with Crippen LogP contribution in [0.5, 0.6) is 0 Å². The highest BCUT2D eigenvalue weighted by Crippen LogP contribution is 2.30. The highest BCUT2D eigenvalue weighted by Gasteiger charge is 2.41. The van der Waals surface area contributed by atoms with Crippen molar-refractivity contribution in [2.75, 3.05) is 51.3 Å². The van der Waals surface area contributed by atoms with E-state index < -0.39 is 11.8 Å². The van der Waals surface area contributed by atoms with Gasteiger partial charge in [0.05, 0.1) is 30.0 Å². The molecule has 9 heteroatoms. The summed E-state index contributed by atoms with van der Waals surface area (Å²) < 4.78 is 34.3. The summed E-state index contributed by atoms with van der Waals surface area (Å²) in [7, 11) is 1.64. The number of alkyl halides is 2. The van der Waals surface area contributed by atoms with Gasteiger partial charge in [-0.25, -0.2) is 13.8 Å². The van der Waals surface area contributed by atoms with Gasteiger partial charge in [0.15, 0.2) is 5.84 Å². The first-order chi connectivity index (χ1) is 16.4. The predicted molar refractivity (Wildman–Crippen MR) is 133 cm³/mol. The first kappa shape index (κ1) is 24.0. The summed E-state index contributed by atoms with van der Waals surface area (Å²) in [6.45, 7) is 5.04. The fourth-order valence-corrected chi connectivity index (χ4v) is 4.36. The van der Waals surface area contributed by atoms with Crippen LogP contribution in [-0.2, 0) is 4.74 Å². The van der Waals surface area contributed by atoms with Gasteiger partial charge in [-0.15, -0.1) is 0 Å². The first-order valence-electron chi connectivity index (χ1n) is 11.5. The van der Waals surface area contributed by atoms with E-state index >= 15 is 0 Å². The molecule has 0 aliphatic carbocycles. The Bertz CT molecular complexity index is 1050. The number of hydrogen-bond donors (Lipinski definition) is 2. The largest absolute Gasteiger partial charge is 0.375 e. The van der Waals surface area contributed by atoms with E-state index in [4.69, 9.17) is 16.2 Å². The van der Waals surface area contributed by atoms with E-state index in [9.17, 15) is 8.78 Å². The summed E-state index contributed by atoms with van der Waals surface area (Å²) in [6, 6.07) is 10.4. The molecule has 0 aromatic heterocycles. The Labute approximate surface area is 199 Å². The van der Waals surface area contributed by atoms with E-state index in [0.29, 0.717) is 36.1 Å². The molecular formula is C25H30F2N6O. The predicted octanol–water partition coefficient (Wildman–Crippen LogP) is 2.60. The van der Waals surface area contributed by atoms with E-state index in [2.05, 4.69) is 50.6 Å². The van der Waals surface area contributed by atoms with Gasteiger partial charge in [-0.05, 0) is 25.1 Å². The average Bonchev–Trinajstić information content (AvgIpc) is 2.84. The Morgan fingerprint density at radius 1 is 1.35 bits per heavy atom. The maximum atomic E-state index is 14.3. The maximum absolute atomic E-state index is 14.3. The van der Waals surface area contributed by atoms with Crippen LogP contribution in [0.2, 0.25) is 0 Å². The number of piperidine rings is 1. The molecule has 2 N–H and O–H groups in total. The highest BCUT2D eigenvalue weighted by molar-refractivity contribution is 6.72. The summed E-state index contributed by atoms with van der Waals surface area (Å²) in [6.07, 6.45) is 7.24. The van der Waals surface area contributed by atoms with Gasteiger partial charge in [-0.3, -0.25) is 4.99 Å². The Morgan fingerprint density at radius 3 is 2.82 bits per heavy atom. The second-order valence-corrected chi connectivity index (χ2v) is 8.66. The molecule has 2 unspecified atom stereocenters. The van der Waals surface area contributed by atoms with Crippen LogP contribution >= 0.6 is 0 Å². The minimum absolute atomic E-state index is 0.0425. The van der Waals surface area contributed by atoms with Crippen molar-refractivity contribution in [3.05, 3.63) is 35.9 Å². The molecule has 1 aromatic rings. The molecule has 34 heavy (non-hydrogen) atoms. The fourth-order valence-electron chi connectivity index (χ4n) is 4.36. The number of anilines is 1. The quantitative estimate of drug-likeness (QED) is 0.667. The molecule has 180 valence electrons. The zero-order chi connectivity index (χ0) is 24.1. The van der Waals surface area contributed by atoms with Crippen LogP contribution in [0.15, 0.2) is 45.3 Å². The van der Waals surface area contributed by atoms with Crippen LogP contribution in [-0.4, -0.2) is 75.7 Å². The molecule has 3 heterocycles. The highest BCUT2D eigenvalue weighted by atomic mass is 19.3. The number of allylic oxidation sites excluding steroid dienone is 1. The van der Waals surface area contributed by atoms with Crippen molar-refractivity contribution in [3.63, 3.8) is 0 Å². The number of benzene rings is 1. The van der Waals surface area contributed by atoms with Gasteiger partial charge in [0.1, 0.15) is 5.71 Å². The summed E-state index contributed by atoms with van der Waals surface area (Å²) in [4.78, 5) is 15.4. The number of nitrogens with one attached hydrogen (secondary N) is 2. The number of halogens is 2. The monoisotopic (exact) mass is 468 g/mol. The molecule has 0 bridgehead atoms. The Morgan fingerprint density at radius 2 is 2.15 bits per heavy atom. The lowest BCUT2D eigenvalue weighted by molar-refractivity contribution is -0.0755. The van der Waals surface area contributed by atoms with Crippen molar-refractivity contribution >= 4 is 28.6 Å². The van der Waals surface area contributed by atoms with Crippen molar-refractivity contribution in [2.45, 2.75) is 25.4 Å². The van der Waals surface area contributed by atoms with Crippen molar-refractivity contribution in [2.24, 2.45) is 20.9 Å². The molecule has 1 aromatic carbocycles. The maximum Gasteiger partial charge on any atom is 0.255 e. The van der Waals surface area contributed by atoms with Gasteiger partial charge >= 0.3 is 0 Å². The van der Waals surface area contributed by atoms with Crippen molar-refractivity contribution in [1.29, 1.82) is 0 Å². The van der Waals surface area contributed by atoms with E-state index in [1.807, 2.05) is 18.2 Å². The first-order valence-corrected chi connectivity index (χ1v) is 11.5. The van der Waals surface area contributed by atoms with Gasteiger partial charge in [0.2, 0.25) is 0 Å². The second kappa shape index (κ2) is 10.5. The van der Waals surface area contributed by atoms with E-state index in [-0.39, 0.29) is 25.6 Å². The fraction of sp³-hybridized carbons (Fsp3) is 0.480. The number of ether oxygens (including phenoxy) is 1. The number of aliphatic imine (C=N–C) groups is 3. The standard InChI is InChI=1S/C25H30F2N6O/c1-4-30-23-22(28-3)13-21(32-24(23)31-15-19-14-29-10-9-25(19,26)27)18-5-7-20(8-6-18)33-11-12-34-17(2)16-33/h1,5-8,13,17,19,29H,9-12,14-16H2,2-3H3,(H,31,32)/b28-22-,30-23+. The molecule has 0 radical (unpaired) electrons. The molecule has 7 nitrogen and oxygen atoms in total. The molecule has 2 saturated heterocycles. The Hall–Kier alpha value is -3.09. The minimum atomic E-state index is -2.75. The van der Waals surface area contributed by atoms with Gasteiger partial charge in [0.25, 0.3) is 5.92 Å². The van der Waals surface area contributed by atoms with Crippen LogP contribution in [0.25, 0.3) is 5.70 Å². The normalized spacial score (nSPS) is 27.2. The summed E-state index contributed by atoms with van der Waals surface area (Å²) >= 11 is 0. The molecule has 3 aliphatic heterocycles.